The van der Waals surface area contributed by atoms with E-state index in [1.165, 1.54) is 0 Å². The van der Waals surface area contributed by atoms with Crippen LogP contribution in [0, 0.1) is 5.92 Å². The molecule has 0 atom stereocenters. The molecule has 27 heavy (non-hydrogen) atoms. The molecule has 0 aromatic heterocycles. The van der Waals surface area contributed by atoms with Gasteiger partial charge in [-0.25, -0.2) is 4.79 Å². The van der Waals surface area contributed by atoms with Gasteiger partial charge in [0, 0.05) is 18.6 Å². The summed E-state index contributed by atoms with van der Waals surface area (Å²) in [5, 5.41) is 14.9. The summed E-state index contributed by atoms with van der Waals surface area (Å²) in [6.07, 6.45) is 1.52. The summed E-state index contributed by atoms with van der Waals surface area (Å²) < 4.78 is 0. The van der Waals surface area contributed by atoms with Crippen molar-refractivity contribution in [3.8, 4) is 0 Å². The number of likely N-dealkylation sites (tertiary alicyclic amines) is 1. The third-order valence-corrected chi connectivity index (χ3v) is 5.28. The van der Waals surface area contributed by atoms with Crippen LogP contribution in [0.2, 0.25) is 0 Å². The fraction of sp³-hybridized carbons (Fsp3) is 0.435. The van der Waals surface area contributed by atoms with Crippen LogP contribution in [0.1, 0.15) is 44.7 Å². The number of rotatable bonds is 3. The van der Waals surface area contributed by atoms with Gasteiger partial charge in [-0.3, -0.25) is 0 Å². The molecule has 2 aromatic carbocycles. The van der Waals surface area contributed by atoms with Crippen LogP contribution in [0.25, 0.3) is 0 Å². The molecule has 0 aliphatic carbocycles. The highest BCUT2D eigenvalue weighted by Gasteiger charge is 2.42. The normalized spacial score (nSPS) is 16.2. The molecule has 1 aliphatic heterocycles. The summed E-state index contributed by atoms with van der Waals surface area (Å²) in [6.45, 7) is 7.26. The maximum Gasteiger partial charge on any atom is 0.317 e. The van der Waals surface area contributed by atoms with E-state index in [1.807, 2.05) is 86.3 Å². The minimum absolute atomic E-state index is 0.0242. The first-order valence-corrected chi connectivity index (χ1v) is 9.71. The summed E-state index contributed by atoms with van der Waals surface area (Å²) >= 11 is 0. The van der Waals surface area contributed by atoms with E-state index in [1.54, 1.807) is 0 Å². The number of aliphatic hydroxyl groups is 1. The Hall–Kier alpha value is -2.33. The Morgan fingerprint density at radius 3 is 1.78 bits per heavy atom. The third kappa shape index (κ3) is 4.33. The van der Waals surface area contributed by atoms with E-state index in [0.717, 1.165) is 24.0 Å². The van der Waals surface area contributed by atoms with Gasteiger partial charge in [-0.05, 0) is 50.7 Å². The van der Waals surface area contributed by atoms with Crippen molar-refractivity contribution in [2.45, 2.75) is 44.8 Å². The highest BCUT2D eigenvalue weighted by Crippen LogP contribution is 2.41. The van der Waals surface area contributed by atoms with Crippen molar-refractivity contribution < 1.29 is 9.90 Å². The second kappa shape index (κ2) is 7.73. The molecule has 144 valence electrons. The SMILES string of the molecule is CC(C)(C)NC(=O)N1CCC(C(O)(c2ccccc2)c2ccccc2)CC1. The van der Waals surface area contributed by atoms with Crippen LogP contribution >= 0.6 is 0 Å². The largest absolute Gasteiger partial charge is 0.380 e. The van der Waals surface area contributed by atoms with Gasteiger partial charge < -0.3 is 15.3 Å². The van der Waals surface area contributed by atoms with E-state index in [4.69, 9.17) is 0 Å². The summed E-state index contributed by atoms with van der Waals surface area (Å²) in [5.74, 6) is 0.0565. The lowest BCUT2D eigenvalue weighted by molar-refractivity contribution is -0.00951. The van der Waals surface area contributed by atoms with Gasteiger partial charge in [0.15, 0.2) is 0 Å². The van der Waals surface area contributed by atoms with Crippen LogP contribution in [-0.2, 0) is 5.60 Å². The van der Waals surface area contributed by atoms with Gasteiger partial charge in [-0.2, -0.15) is 0 Å². The van der Waals surface area contributed by atoms with Crippen LogP contribution in [0.15, 0.2) is 60.7 Å². The summed E-state index contributed by atoms with van der Waals surface area (Å²) in [6, 6.07) is 19.7. The van der Waals surface area contributed by atoms with Crippen molar-refractivity contribution in [3.05, 3.63) is 71.8 Å². The molecular formula is C23H30N2O2. The molecule has 1 saturated heterocycles. The number of nitrogens with one attached hydrogen (secondary N) is 1. The highest BCUT2D eigenvalue weighted by molar-refractivity contribution is 5.75. The zero-order valence-electron chi connectivity index (χ0n) is 16.5. The summed E-state index contributed by atoms with van der Waals surface area (Å²) in [4.78, 5) is 14.3. The van der Waals surface area contributed by atoms with E-state index in [2.05, 4.69) is 5.32 Å². The molecule has 2 N–H and O–H groups in total. The molecule has 0 bridgehead atoms. The van der Waals surface area contributed by atoms with Crippen molar-refractivity contribution in [1.82, 2.24) is 10.2 Å². The van der Waals surface area contributed by atoms with E-state index < -0.39 is 5.60 Å². The van der Waals surface area contributed by atoms with Gasteiger partial charge in [0.2, 0.25) is 0 Å². The molecule has 2 amide bonds. The minimum Gasteiger partial charge on any atom is -0.380 e. The van der Waals surface area contributed by atoms with Crippen LogP contribution in [0.3, 0.4) is 0 Å². The van der Waals surface area contributed by atoms with E-state index >= 15 is 0 Å². The van der Waals surface area contributed by atoms with E-state index in [-0.39, 0.29) is 17.5 Å². The number of nitrogens with zero attached hydrogens (tertiary/aromatic N) is 1. The third-order valence-electron chi connectivity index (χ3n) is 5.28. The first kappa shape index (κ1) is 19.4. The molecule has 0 spiro atoms. The summed E-state index contributed by atoms with van der Waals surface area (Å²) in [7, 11) is 0. The second-order valence-electron chi connectivity index (χ2n) is 8.44. The lowest BCUT2D eigenvalue weighted by atomic mass is 9.72. The minimum atomic E-state index is -1.05. The average Bonchev–Trinajstić information content (AvgIpc) is 2.67. The van der Waals surface area contributed by atoms with Crippen LogP contribution in [-0.4, -0.2) is 34.7 Å². The standard InChI is InChI=1S/C23H30N2O2/c1-22(2,3)24-21(26)25-16-14-20(15-17-25)23(27,18-10-6-4-7-11-18)19-12-8-5-9-13-19/h4-13,20,27H,14-17H2,1-3H3,(H,24,26). The average molecular weight is 367 g/mol. The van der Waals surface area contributed by atoms with Crippen LogP contribution < -0.4 is 5.32 Å². The number of carbonyl (C=O) groups is 1. The number of amides is 2. The fourth-order valence-electron chi connectivity index (χ4n) is 3.92. The van der Waals surface area contributed by atoms with Gasteiger partial charge in [-0.1, -0.05) is 60.7 Å². The number of hydrogen-bond donors (Lipinski definition) is 2. The molecule has 2 aromatic rings. The quantitative estimate of drug-likeness (QED) is 0.858. The Labute approximate surface area is 162 Å². The van der Waals surface area contributed by atoms with Crippen molar-refractivity contribution >= 4 is 6.03 Å². The Morgan fingerprint density at radius 1 is 0.926 bits per heavy atom. The summed E-state index contributed by atoms with van der Waals surface area (Å²) in [5.41, 5.74) is 0.528. The lowest BCUT2D eigenvalue weighted by Crippen LogP contribution is -2.52. The predicted molar refractivity (Wildman–Crippen MR) is 108 cm³/mol. The van der Waals surface area contributed by atoms with Crippen molar-refractivity contribution in [2.24, 2.45) is 5.92 Å². The van der Waals surface area contributed by atoms with Crippen LogP contribution in [0.4, 0.5) is 4.79 Å². The van der Waals surface area contributed by atoms with E-state index in [0.29, 0.717) is 13.1 Å². The lowest BCUT2D eigenvalue weighted by Gasteiger charge is -2.42. The number of hydrogen-bond acceptors (Lipinski definition) is 2. The zero-order chi connectivity index (χ0) is 19.5. The Kier molecular flexibility index (Phi) is 5.56. The van der Waals surface area contributed by atoms with Crippen molar-refractivity contribution in [1.29, 1.82) is 0 Å². The second-order valence-corrected chi connectivity index (χ2v) is 8.44. The number of carbonyl (C=O) groups excluding carboxylic acids is 1. The number of piperidine rings is 1. The first-order valence-electron chi connectivity index (χ1n) is 9.71. The topological polar surface area (TPSA) is 52.6 Å². The first-order chi connectivity index (χ1) is 12.8. The van der Waals surface area contributed by atoms with Gasteiger partial charge in [0.05, 0.1) is 0 Å². The molecule has 3 rings (SSSR count). The monoisotopic (exact) mass is 366 g/mol. The molecule has 1 fully saturated rings. The fourth-order valence-corrected chi connectivity index (χ4v) is 3.92. The Bertz CT molecular complexity index is 705. The molecule has 1 heterocycles. The van der Waals surface area contributed by atoms with Gasteiger partial charge in [0.1, 0.15) is 5.60 Å². The molecule has 0 saturated carbocycles. The predicted octanol–water partition coefficient (Wildman–Crippen LogP) is 4.14. The van der Waals surface area contributed by atoms with Gasteiger partial charge in [0.25, 0.3) is 0 Å². The molecular weight excluding hydrogens is 336 g/mol. The van der Waals surface area contributed by atoms with E-state index in [9.17, 15) is 9.90 Å². The zero-order valence-corrected chi connectivity index (χ0v) is 16.5. The number of benzene rings is 2. The highest BCUT2D eigenvalue weighted by atomic mass is 16.3. The molecule has 4 heteroatoms. The smallest absolute Gasteiger partial charge is 0.317 e. The molecule has 4 nitrogen and oxygen atoms in total. The maximum atomic E-state index is 12.5. The molecule has 1 aliphatic rings. The maximum absolute atomic E-state index is 12.5. The van der Waals surface area contributed by atoms with Crippen molar-refractivity contribution in [2.75, 3.05) is 13.1 Å². The van der Waals surface area contributed by atoms with Gasteiger partial charge in [-0.15, -0.1) is 0 Å². The van der Waals surface area contributed by atoms with Crippen LogP contribution in [0.5, 0.6) is 0 Å². The Balaban J connectivity index is 1.81. The molecule has 0 unspecified atom stereocenters. The molecule has 0 radical (unpaired) electrons. The van der Waals surface area contributed by atoms with Gasteiger partial charge >= 0.3 is 6.03 Å². The number of urea groups is 1. The Morgan fingerprint density at radius 2 is 1.37 bits per heavy atom. The van der Waals surface area contributed by atoms with Crippen molar-refractivity contribution in [3.63, 3.8) is 0 Å².